The van der Waals surface area contributed by atoms with Crippen LogP contribution in [0.15, 0.2) is 53.1 Å². The molecule has 8 heteroatoms. The SMILES string of the molecule is Cc1onc(-c2ccccc2)c1C(=O)N1CC[C@@H](CNc2nc3ccc(F)cc3s2)C1. The molecule has 5 rings (SSSR count). The van der Waals surface area contributed by atoms with E-state index in [0.717, 1.165) is 27.3 Å². The van der Waals surface area contributed by atoms with Gasteiger partial charge in [-0.1, -0.05) is 46.8 Å². The Labute approximate surface area is 182 Å². The molecule has 0 spiro atoms. The number of hydrogen-bond acceptors (Lipinski definition) is 6. The molecule has 3 heterocycles. The number of anilines is 1. The number of nitrogens with zero attached hydrogens (tertiary/aromatic N) is 3. The second kappa shape index (κ2) is 8.11. The van der Waals surface area contributed by atoms with Gasteiger partial charge < -0.3 is 14.7 Å². The Morgan fingerprint density at radius 2 is 2.13 bits per heavy atom. The van der Waals surface area contributed by atoms with Gasteiger partial charge in [-0.3, -0.25) is 4.79 Å². The number of carbonyl (C=O) groups is 1. The second-order valence-corrected chi connectivity index (χ2v) is 8.78. The lowest BCUT2D eigenvalue weighted by atomic mass is 10.1. The predicted molar refractivity (Wildman–Crippen MR) is 119 cm³/mol. The summed E-state index contributed by atoms with van der Waals surface area (Å²) in [7, 11) is 0. The summed E-state index contributed by atoms with van der Waals surface area (Å²) in [6, 6.07) is 14.2. The standard InChI is InChI=1S/C23H21FN4O2S/c1-14-20(21(27-30-14)16-5-3-2-4-6-16)22(29)28-10-9-15(13-28)12-25-23-26-18-8-7-17(24)11-19(18)31-23/h2-8,11,15H,9-10,12-13H2,1H3,(H,25,26)/t15-/m0/s1. The Kier molecular flexibility index (Phi) is 5.15. The van der Waals surface area contributed by atoms with Crippen molar-refractivity contribution in [2.75, 3.05) is 25.0 Å². The summed E-state index contributed by atoms with van der Waals surface area (Å²) < 4.78 is 19.6. The molecule has 6 nitrogen and oxygen atoms in total. The normalized spacial score (nSPS) is 16.2. The molecule has 4 aromatic rings. The summed E-state index contributed by atoms with van der Waals surface area (Å²) in [5.74, 6) is 0.544. The number of aromatic nitrogens is 2. The molecular weight excluding hydrogens is 415 g/mol. The maximum absolute atomic E-state index is 13.4. The number of amides is 1. The molecule has 1 fully saturated rings. The van der Waals surface area contributed by atoms with Crippen molar-refractivity contribution < 1.29 is 13.7 Å². The van der Waals surface area contributed by atoms with Crippen molar-refractivity contribution in [3.8, 4) is 11.3 Å². The first-order chi connectivity index (χ1) is 15.1. The van der Waals surface area contributed by atoms with Crippen molar-refractivity contribution in [3.05, 3.63) is 65.7 Å². The molecule has 31 heavy (non-hydrogen) atoms. The smallest absolute Gasteiger partial charge is 0.259 e. The fraction of sp³-hybridized carbons (Fsp3) is 0.261. The quantitative estimate of drug-likeness (QED) is 0.478. The van der Waals surface area contributed by atoms with E-state index < -0.39 is 0 Å². The minimum absolute atomic E-state index is 0.0458. The molecule has 2 aromatic heterocycles. The second-order valence-electron chi connectivity index (χ2n) is 7.75. The number of fused-ring (bicyclic) bond motifs is 1. The molecule has 0 saturated carbocycles. The molecular formula is C23H21FN4O2S. The van der Waals surface area contributed by atoms with Crippen LogP contribution in [0.4, 0.5) is 9.52 Å². The number of carbonyl (C=O) groups excluding carboxylic acids is 1. The van der Waals surface area contributed by atoms with Crippen LogP contribution >= 0.6 is 11.3 Å². The zero-order chi connectivity index (χ0) is 21.4. The zero-order valence-electron chi connectivity index (χ0n) is 17.0. The van der Waals surface area contributed by atoms with Gasteiger partial charge in [0.1, 0.15) is 22.8 Å². The summed E-state index contributed by atoms with van der Waals surface area (Å²) in [6.07, 6.45) is 0.906. The highest BCUT2D eigenvalue weighted by atomic mass is 32.1. The van der Waals surface area contributed by atoms with Gasteiger partial charge in [-0.25, -0.2) is 9.37 Å². The molecule has 0 radical (unpaired) electrons. The van der Waals surface area contributed by atoms with Crippen LogP contribution < -0.4 is 5.32 Å². The van der Waals surface area contributed by atoms with Crippen LogP contribution in [0.1, 0.15) is 22.5 Å². The van der Waals surface area contributed by atoms with Crippen LogP contribution in [0.2, 0.25) is 0 Å². The van der Waals surface area contributed by atoms with Gasteiger partial charge in [0.15, 0.2) is 5.13 Å². The van der Waals surface area contributed by atoms with E-state index in [9.17, 15) is 9.18 Å². The Bertz CT molecular complexity index is 1240. The van der Waals surface area contributed by atoms with Gasteiger partial charge >= 0.3 is 0 Å². The van der Waals surface area contributed by atoms with Gasteiger partial charge in [0.05, 0.1) is 10.2 Å². The van der Waals surface area contributed by atoms with Gasteiger partial charge in [-0.2, -0.15) is 0 Å². The van der Waals surface area contributed by atoms with Crippen molar-refractivity contribution in [2.24, 2.45) is 5.92 Å². The number of benzene rings is 2. The molecule has 1 N–H and O–H groups in total. The molecule has 1 saturated heterocycles. The topological polar surface area (TPSA) is 71.3 Å². The van der Waals surface area contributed by atoms with Crippen LogP contribution in [0.3, 0.4) is 0 Å². The van der Waals surface area contributed by atoms with Crippen molar-refractivity contribution in [3.63, 3.8) is 0 Å². The van der Waals surface area contributed by atoms with E-state index in [1.54, 1.807) is 13.0 Å². The first kappa shape index (κ1) is 19.7. The highest BCUT2D eigenvalue weighted by Gasteiger charge is 2.31. The molecule has 1 amide bonds. The third-order valence-electron chi connectivity index (χ3n) is 5.59. The van der Waals surface area contributed by atoms with E-state index in [0.29, 0.717) is 42.6 Å². The van der Waals surface area contributed by atoms with Crippen molar-refractivity contribution in [2.45, 2.75) is 13.3 Å². The largest absolute Gasteiger partial charge is 0.361 e. The van der Waals surface area contributed by atoms with Crippen LogP contribution in [0, 0.1) is 18.7 Å². The van der Waals surface area contributed by atoms with Gasteiger partial charge in [-0.05, 0) is 37.5 Å². The average Bonchev–Trinajstić information content (AvgIpc) is 3.50. The zero-order valence-corrected chi connectivity index (χ0v) is 17.8. The molecule has 158 valence electrons. The molecule has 1 aliphatic rings. The first-order valence-electron chi connectivity index (χ1n) is 10.2. The van der Waals surface area contributed by atoms with E-state index in [4.69, 9.17) is 4.52 Å². The third-order valence-corrected chi connectivity index (χ3v) is 6.57. The Morgan fingerprint density at radius 3 is 2.97 bits per heavy atom. The molecule has 0 unspecified atom stereocenters. The molecule has 1 atom stereocenters. The Balaban J connectivity index is 1.25. The summed E-state index contributed by atoms with van der Waals surface area (Å²) in [4.78, 5) is 19.6. The number of likely N-dealkylation sites (tertiary alicyclic amines) is 1. The Hall–Kier alpha value is -3.26. The lowest BCUT2D eigenvalue weighted by Gasteiger charge is -2.17. The van der Waals surface area contributed by atoms with Crippen molar-refractivity contribution in [1.29, 1.82) is 0 Å². The summed E-state index contributed by atoms with van der Waals surface area (Å²) >= 11 is 1.44. The number of nitrogens with one attached hydrogen (secondary N) is 1. The molecule has 1 aliphatic heterocycles. The monoisotopic (exact) mass is 436 g/mol. The van der Waals surface area contributed by atoms with Crippen LogP contribution in [0.25, 0.3) is 21.5 Å². The minimum atomic E-state index is -0.258. The summed E-state index contributed by atoms with van der Waals surface area (Å²) in [5.41, 5.74) is 2.78. The van der Waals surface area contributed by atoms with E-state index in [-0.39, 0.29) is 11.7 Å². The van der Waals surface area contributed by atoms with Gasteiger partial charge in [-0.15, -0.1) is 0 Å². The number of hydrogen-bond donors (Lipinski definition) is 1. The average molecular weight is 437 g/mol. The van der Waals surface area contributed by atoms with Crippen molar-refractivity contribution in [1.82, 2.24) is 15.0 Å². The van der Waals surface area contributed by atoms with Crippen LogP contribution in [-0.2, 0) is 0 Å². The lowest BCUT2D eigenvalue weighted by molar-refractivity contribution is 0.0786. The summed E-state index contributed by atoms with van der Waals surface area (Å²) in [6.45, 7) is 3.83. The predicted octanol–water partition coefficient (Wildman–Crippen LogP) is 4.97. The van der Waals surface area contributed by atoms with Crippen LogP contribution in [-0.4, -0.2) is 40.6 Å². The maximum atomic E-state index is 13.4. The van der Waals surface area contributed by atoms with Crippen LogP contribution in [0.5, 0.6) is 0 Å². The summed E-state index contributed by atoms with van der Waals surface area (Å²) in [5, 5.41) is 8.26. The fourth-order valence-electron chi connectivity index (χ4n) is 3.96. The van der Waals surface area contributed by atoms with Gasteiger partial charge in [0.25, 0.3) is 5.91 Å². The number of aryl methyl sites for hydroxylation is 1. The van der Waals surface area contributed by atoms with Gasteiger partial charge in [0.2, 0.25) is 0 Å². The Morgan fingerprint density at radius 1 is 1.29 bits per heavy atom. The van der Waals surface area contributed by atoms with E-state index in [2.05, 4.69) is 15.5 Å². The van der Waals surface area contributed by atoms with E-state index in [1.807, 2.05) is 35.2 Å². The van der Waals surface area contributed by atoms with Crippen molar-refractivity contribution >= 4 is 32.6 Å². The highest BCUT2D eigenvalue weighted by Crippen LogP contribution is 2.30. The van der Waals surface area contributed by atoms with E-state index in [1.165, 1.54) is 23.5 Å². The minimum Gasteiger partial charge on any atom is -0.361 e. The number of rotatable bonds is 5. The maximum Gasteiger partial charge on any atom is 0.259 e. The van der Waals surface area contributed by atoms with Gasteiger partial charge in [0, 0.05) is 25.2 Å². The first-order valence-corrected chi connectivity index (χ1v) is 11.0. The third kappa shape index (κ3) is 3.90. The fourth-order valence-corrected chi connectivity index (χ4v) is 4.86. The molecule has 2 aromatic carbocycles. The number of thiazole rings is 1. The highest BCUT2D eigenvalue weighted by molar-refractivity contribution is 7.22. The lowest BCUT2D eigenvalue weighted by Crippen LogP contribution is -2.30. The molecule has 0 bridgehead atoms. The van der Waals surface area contributed by atoms with E-state index >= 15 is 0 Å². The number of halogens is 1. The molecule has 0 aliphatic carbocycles.